The van der Waals surface area contributed by atoms with E-state index in [1.54, 1.807) is 12.1 Å². The molecule has 6 heteroatoms. The molecule has 0 spiro atoms. The summed E-state index contributed by atoms with van der Waals surface area (Å²) in [6.45, 7) is 0. The van der Waals surface area contributed by atoms with Gasteiger partial charge in [0.1, 0.15) is 5.82 Å². The molecule has 1 atom stereocenters. The summed E-state index contributed by atoms with van der Waals surface area (Å²) in [6.07, 6.45) is 0.632. The third-order valence-electron chi connectivity index (χ3n) is 2.97. The van der Waals surface area contributed by atoms with Crippen LogP contribution in [0.1, 0.15) is 17.2 Å². The molecule has 3 N–H and O–H groups in total. The van der Waals surface area contributed by atoms with Crippen LogP contribution >= 0.6 is 43.5 Å². The number of benzene rings is 2. The average molecular weight is 423 g/mol. The number of nitrogens with two attached hydrogens (primary N) is 1. The molecular weight excluding hydrogens is 410 g/mol. The lowest BCUT2D eigenvalue weighted by molar-refractivity contribution is 0.550. The normalized spacial score (nSPS) is 12.4. The first-order chi connectivity index (χ1) is 9.51. The van der Waals surface area contributed by atoms with Gasteiger partial charge in [-0.3, -0.25) is 11.3 Å². The maximum Gasteiger partial charge on any atom is 0.137 e. The van der Waals surface area contributed by atoms with Crippen LogP contribution in [0.4, 0.5) is 4.39 Å². The van der Waals surface area contributed by atoms with Gasteiger partial charge in [0.2, 0.25) is 0 Å². The summed E-state index contributed by atoms with van der Waals surface area (Å²) in [6, 6.07) is 10.5. The Kier molecular flexibility index (Phi) is 5.57. The summed E-state index contributed by atoms with van der Waals surface area (Å²) in [5, 5.41) is 0.628. The minimum Gasteiger partial charge on any atom is -0.271 e. The van der Waals surface area contributed by atoms with E-state index in [1.807, 2.05) is 18.2 Å². The molecule has 2 rings (SSSR count). The van der Waals surface area contributed by atoms with E-state index in [2.05, 4.69) is 37.3 Å². The van der Waals surface area contributed by atoms with Crippen molar-refractivity contribution in [2.75, 3.05) is 0 Å². The highest BCUT2D eigenvalue weighted by Gasteiger charge is 2.13. The molecule has 20 heavy (non-hydrogen) atoms. The summed E-state index contributed by atoms with van der Waals surface area (Å²) in [5.41, 5.74) is 4.71. The first-order valence-electron chi connectivity index (χ1n) is 5.86. The number of hydrazine groups is 1. The Morgan fingerprint density at radius 1 is 1.15 bits per heavy atom. The molecule has 0 aliphatic carbocycles. The third kappa shape index (κ3) is 3.80. The van der Waals surface area contributed by atoms with Gasteiger partial charge in [0.15, 0.2) is 0 Å². The van der Waals surface area contributed by atoms with Gasteiger partial charge in [-0.25, -0.2) is 4.39 Å². The summed E-state index contributed by atoms with van der Waals surface area (Å²) >= 11 is 12.6. The van der Waals surface area contributed by atoms with Gasteiger partial charge in [-0.2, -0.15) is 0 Å². The van der Waals surface area contributed by atoms with E-state index in [1.165, 1.54) is 6.07 Å². The zero-order valence-corrected chi connectivity index (χ0v) is 14.3. The lowest BCUT2D eigenvalue weighted by Crippen LogP contribution is -2.29. The van der Waals surface area contributed by atoms with Gasteiger partial charge in [0.05, 0.1) is 15.5 Å². The van der Waals surface area contributed by atoms with Crippen molar-refractivity contribution in [3.63, 3.8) is 0 Å². The van der Waals surface area contributed by atoms with E-state index in [0.717, 1.165) is 15.6 Å². The molecular formula is C14H12Br2ClFN2. The molecule has 0 fully saturated rings. The van der Waals surface area contributed by atoms with E-state index < -0.39 is 0 Å². The van der Waals surface area contributed by atoms with Crippen LogP contribution in [-0.4, -0.2) is 0 Å². The number of hydrogen-bond acceptors (Lipinski definition) is 2. The van der Waals surface area contributed by atoms with Crippen LogP contribution in [0.25, 0.3) is 0 Å². The van der Waals surface area contributed by atoms with Crippen molar-refractivity contribution in [3.8, 4) is 0 Å². The van der Waals surface area contributed by atoms with Crippen molar-refractivity contribution < 1.29 is 4.39 Å². The van der Waals surface area contributed by atoms with Gasteiger partial charge < -0.3 is 0 Å². The molecule has 2 aromatic carbocycles. The fourth-order valence-corrected chi connectivity index (χ4v) is 2.77. The predicted octanol–water partition coefficient (Wildman–Crippen LogP) is 4.75. The molecule has 0 heterocycles. The largest absolute Gasteiger partial charge is 0.271 e. The van der Waals surface area contributed by atoms with Crippen LogP contribution in [0.3, 0.4) is 0 Å². The second kappa shape index (κ2) is 7.00. The van der Waals surface area contributed by atoms with Gasteiger partial charge >= 0.3 is 0 Å². The first kappa shape index (κ1) is 15.9. The van der Waals surface area contributed by atoms with Crippen molar-refractivity contribution in [2.24, 2.45) is 5.84 Å². The minimum atomic E-state index is -0.280. The molecule has 0 saturated heterocycles. The average Bonchev–Trinajstić information content (AvgIpc) is 2.43. The Bertz CT molecular complexity index is 622. The van der Waals surface area contributed by atoms with Crippen LogP contribution in [-0.2, 0) is 6.42 Å². The van der Waals surface area contributed by atoms with Crippen LogP contribution < -0.4 is 11.3 Å². The molecule has 0 aliphatic heterocycles. The topological polar surface area (TPSA) is 38.0 Å². The SMILES string of the molecule is NNC(Cc1ccc(F)c(Br)c1)c1ccc(Br)c(Cl)c1. The van der Waals surface area contributed by atoms with Crippen LogP contribution in [0.2, 0.25) is 5.02 Å². The Balaban J connectivity index is 2.23. The highest BCUT2D eigenvalue weighted by Crippen LogP contribution is 2.28. The highest BCUT2D eigenvalue weighted by molar-refractivity contribution is 9.10. The summed E-state index contributed by atoms with van der Waals surface area (Å²) in [5.74, 6) is 5.34. The maximum absolute atomic E-state index is 13.2. The lowest BCUT2D eigenvalue weighted by Gasteiger charge is -2.17. The van der Waals surface area contributed by atoms with Crippen molar-refractivity contribution in [3.05, 3.63) is 67.3 Å². The monoisotopic (exact) mass is 420 g/mol. The van der Waals surface area contributed by atoms with Crippen molar-refractivity contribution in [1.82, 2.24) is 5.43 Å². The van der Waals surface area contributed by atoms with E-state index >= 15 is 0 Å². The zero-order chi connectivity index (χ0) is 14.7. The van der Waals surface area contributed by atoms with E-state index in [0.29, 0.717) is 15.9 Å². The molecule has 2 nitrogen and oxygen atoms in total. The summed E-state index contributed by atoms with van der Waals surface area (Å²) in [4.78, 5) is 0. The fraction of sp³-hybridized carbons (Fsp3) is 0.143. The number of rotatable bonds is 4. The Labute approximate surface area is 138 Å². The standard InChI is InChI=1S/C14H12Br2ClFN2/c15-10-3-2-9(7-12(10)17)14(20-19)6-8-1-4-13(18)11(16)5-8/h1-5,7,14,20H,6,19H2. The number of hydrogen-bond donors (Lipinski definition) is 2. The van der Waals surface area contributed by atoms with Gasteiger partial charge in [-0.15, -0.1) is 0 Å². The van der Waals surface area contributed by atoms with Crippen molar-refractivity contribution in [2.45, 2.75) is 12.5 Å². The smallest absolute Gasteiger partial charge is 0.137 e. The zero-order valence-electron chi connectivity index (χ0n) is 10.3. The van der Waals surface area contributed by atoms with E-state index in [-0.39, 0.29) is 11.9 Å². The molecule has 0 aliphatic rings. The highest BCUT2D eigenvalue weighted by atomic mass is 79.9. The van der Waals surface area contributed by atoms with Gasteiger partial charge in [-0.1, -0.05) is 23.7 Å². The molecule has 0 radical (unpaired) electrons. The number of halogens is 4. The molecule has 0 aromatic heterocycles. The van der Waals surface area contributed by atoms with E-state index in [9.17, 15) is 4.39 Å². The minimum absolute atomic E-state index is 0.0991. The quantitative estimate of drug-likeness (QED) is 0.551. The van der Waals surface area contributed by atoms with Crippen molar-refractivity contribution in [1.29, 1.82) is 0 Å². The molecule has 2 aromatic rings. The Morgan fingerprint density at radius 2 is 1.90 bits per heavy atom. The van der Waals surface area contributed by atoms with Gasteiger partial charge in [0.25, 0.3) is 0 Å². The maximum atomic E-state index is 13.2. The third-order valence-corrected chi connectivity index (χ3v) is 4.81. The first-order valence-corrected chi connectivity index (χ1v) is 7.82. The fourth-order valence-electron chi connectivity index (χ4n) is 1.90. The molecule has 0 saturated carbocycles. The van der Waals surface area contributed by atoms with Crippen LogP contribution in [0, 0.1) is 5.82 Å². The summed E-state index contributed by atoms with van der Waals surface area (Å²) < 4.78 is 14.5. The Morgan fingerprint density at radius 3 is 2.50 bits per heavy atom. The predicted molar refractivity (Wildman–Crippen MR) is 87.0 cm³/mol. The van der Waals surface area contributed by atoms with Gasteiger partial charge in [0, 0.05) is 4.47 Å². The van der Waals surface area contributed by atoms with Gasteiger partial charge in [-0.05, 0) is 73.7 Å². The lowest BCUT2D eigenvalue weighted by atomic mass is 9.99. The number of nitrogens with one attached hydrogen (secondary N) is 1. The molecule has 0 bridgehead atoms. The Hall–Kier alpha value is -0.460. The molecule has 0 amide bonds. The van der Waals surface area contributed by atoms with Crippen LogP contribution in [0.5, 0.6) is 0 Å². The second-order valence-corrected chi connectivity index (χ2v) is 6.46. The van der Waals surface area contributed by atoms with E-state index in [4.69, 9.17) is 17.4 Å². The summed E-state index contributed by atoms with van der Waals surface area (Å²) in [7, 11) is 0. The second-order valence-electron chi connectivity index (χ2n) is 4.35. The van der Waals surface area contributed by atoms with Crippen molar-refractivity contribution >= 4 is 43.5 Å². The van der Waals surface area contributed by atoms with Crippen LogP contribution in [0.15, 0.2) is 45.3 Å². The molecule has 1 unspecified atom stereocenters. The molecule has 106 valence electrons.